The van der Waals surface area contributed by atoms with E-state index in [1.54, 1.807) is 0 Å². The van der Waals surface area contributed by atoms with Gasteiger partial charge >= 0.3 is 0 Å². The van der Waals surface area contributed by atoms with Crippen LogP contribution in [0.5, 0.6) is 0 Å². The van der Waals surface area contributed by atoms with Crippen LogP contribution in [-0.4, -0.2) is 20.3 Å². The van der Waals surface area contributed by atoms with Gasteiger partial charge in [0.1, 0.15) is 0 Å². The molecule has 0 spiro atoms. The number of halogens is 2. The highest BCUT2D eigenvalue weighted by Gasteiger charge is 2.40. The van der Waals surface area contributed by atoms with Crippen molar-refractivity contribution in [3.63, 3.8) is 0 Å². The molecule has 2 rings (SSSR count). The number of aryl methyl sites for hydroxylation is 1. The molecule has 3 nitrogen and oxygen atoms in total. The molecule has 22 heavy (non-hydrogen) atoms. The number of imidazole rings is 1. The third-order valence-corrected chi connectivity index (χ3v) is 4.48. The summed E-state index contributed by atoms with van der Waals surface area (Å²) in [6, 6.07) is 7.57. The Bertz CT molecular complexity index is 618. The molecule has 120 valence electrons. The molecule has 0 saturated carbocycles. The predicted molar refractivity (Wildman–Crippen MR) is 86.4 cm³/mol. The third kappa shape index (κ3) is 3.87. The maximum atomic E-state index is 13.7. The molecule has 0 radical (unpaired) electrons. The van der Waals surface area contributed by atoms with Crippen LogP contribution in [0.3, 0.4) is 0 Å². The van der Waals surface area contributed by atoms with Gasteiger partial charge in [-0.25, -0.2) is 4.98 Å². The van der Waals surface area contributed by atoms with E-state index in [9.17, 15) is 9.50 Å². The molecule has 1 aromatic carbocycles. The summed E-state index contributed by atoms with van der Waals surface area (Å²) in [5, 5.41) is 11.8. The Kier molecular flexibility index (Phi) is 4.93. The normalized spacial score (nSPS) is 14.8. The fourth-order valence-electron chi connectivity index (χ4n) is 2.40. The number of rotatable bonds is 5. The van der Waals surface area contributed by atoms with Crippen molar-refractivity contribution in [2.45, 2.75) is 45.8 Å². The van der Waals surface area contributed by atoms with E-state index in [1.807, 2.05) is 45.0 Å². The summed E-state index contributed by atoms with van der Waals surface area (Å²) in [6.45, 7) is 6.06. The van der Waals surface area contributed by atoms with Gasteiger partial charge in [0.2, 0.25) is 5.95 Å². The second-order valence-corrected chi connectivity index (χ2v) is 7.19. The van der Waals surface area contributed by atoms with Crippen molar-refractivity contribution in [3.8, 4) is 0 Å². The summed E-state index contributed by atoms with van der Waals surface area (Å²) < 4.78 is 15.0. The smallest absolute Gasteiger partial charge is 0.213 e. The van der Waals surface area contributed by atoms with Gasteiger partial charge in [-0.05, 0) is 36.0 Å². The number of hydrogen-bond donors (Lipinski definition) is 1. The highest BCUT2D eigenvalue weighted by molar-refractivity contribution is 6.30. The molecule has 0 aliphatic rings. The van der Waals surface area contributed by atoms with Gasteiger partial charge in [-0.3, -0.25) is 0 Å². The molecule has 2 aromatic rings. The van der Waals surface area contributed by atoms with E-state index in [-0.39, 0.29) is 6.54 Å². The van der Waals surface area contributed by atoms with Crippen molar-refractivity contribution >= 4 is 11.6 Å². The van der Waals surface area contributed by atoms with E-state index in [1.165, 1.54) is 10.9 Å². The van der Waals surface area contributed by atoms with Crippen LogP contribution in [-0.2, 0) is 13.0 Å². The molecule has 1 heterocycles. The molecule has 0 aliphatic heterocycles. The van der Waals surface area contributed by atoms with Crippen LogP contribution >= 0.6 is 11.6 Å². The molecule has 1 unspecified atom stereocenters. The molecule has 0 amide bonds. The zero-order valence-corrected chi connectivity index (χ0v) is 13.9. The van der Waals surface area contributed by atoms with E-state index >= 15 is 0 Å². The molecular formula is C17H22ClFN2O. The van der Waals surface area contributed by atoms with Gasteiger partial charge in [-0.2, -0.15) is 4.39 Å². The average molecular weight is 325 g/mol. The van der Waals surface area contributed by atoms with Crippen molar-refractivity contribution in [2.24, 2.45) is 5.41 Å². The SMILES string of the molecule is CC(C)(C)C(O)(CCc1ccc(Cl)cc1)Cn1cncc1F. The van der Waals surface area contributed by atoms with Crippen LogP contribution in [0.4, 0.5) is 4.39 Å². The maximum Gasteiger partial charge on any atom is 0.213 e. The van der Waals surface area contributed by atoms with Crippen LogP contribution in [0, 0.1) is 11.4 Å². The van der Waals surface area contributed by atoms with Gasteiger partial charge in [-0.1, -0.05) is 44.5 Å². The van der Waals surface area contributed by atoms with Crippen molar-refractivity contribution < 1.29 is 9.50 Å². The predicted octanol–water partition coefficient (Wildman–Crippen LogP) is 4.09. The van der Waals surface area contributed by atoms with E-state index in [2.05, 4.69) is 4.98 Å². The Labute approximate surface area is 135 Å². The summed E-state index contributed by atoms with van der Waals surface area (Å²) in [6.07, 6.45) is 3.79. The molecule has 0 aliphatic carbocycles. The molecule has 0 saturated heterocycles. The van der Waals surface area contributed by atoms with E-state index < -0.39 is 17.0 Å². The third-order valence-electron chi connectivity index (χ3n) is 4.23. The van der Waals surface area contributed by atoms with Gasteiger partial charge in [-0.15, -0.1) is 0 Å². The number of aromatic nitrogens is 2. The van der Waals surface area contributed by atoms with Gasteiger partial charge in [0.25, 0.3) is 0 Å². The van der Waals surface area contributed by atoms with E-state index in [0.717, 1.165) is 11.8 Å². The second kappa shape index (κ2) is 6.39. The number of benzene rings is 1. The lowest BCUT2D eigenvalue weighted by molar-refractivity contribution is -0.0790. The molecule has 1 atom stereocenters. The molecular weight excluding hydrogens is 303 g/mol. The van der Waals surface area contributed by atoms with Gasteiger partial charge < -0.3 is 9.67 Å². The van der Waals surface area contributed by atoms with Crippen molar-refractivity contribution in [1.82, 2.24) is 9.55 Å². The molecule has 0 bridgehead atoms. The van der Waals surface area contributed by atoms with Crippen molar-refractivity contribution in [2.75, 3.05) is 0 Å². The van der Waals surface area contributed by atoms with Gasteiger partial charge in [0, 0.05) is 5.02 Å². The standard InChI is InChI=1S/C17H22ClFN2O/c1-16(2,3)17(22,11-21-12-20-10-15(21)19)9-8-13-4-6-14(18)7-5-13/h4-7,10,12,22H,8-9,11H2,1-3H3. The molecule has 1 N–H and O–H groups in total. The summed E-state index contributed by atoms with van der Waals surface area (Å²) in [7, 11) is 0. The minimum atomic E-state index is -1.05. The second-order valence-electron chi connectivity index (χ2n) is 6.75. The van der Waals surface area contributed by atoms with E-state index in [4.69, 9.17) is 11.6 Å². The van der Waals surface area contributed by atoms with Crippen LogP contribution in [0.15, 0.2) is 36.8 Å². The Balaban J connectivity index is 2.15. The minimum Gasteiger partial charge on any atom is -0.387 e. The average Bonchev–Trinajstić information content (AvgIpc) is 2.82. The monoisotopic (exact) mass is 324 g/mol. The first-order valence-corrected chi connectivity index (χ1v) is 7.71. The van der Waals surface area contributed by atoms with Crippen LogP contribution < -0.4 is 0 Å². The number of nitrogens with zero attached hydrogens (tertiary/aromatic N) is 2. The summed E-state index contributed by atoms with van der Waals surface area (Å²) in [5.74, 6) is -0.436. The van der Waals surface area contributed by atoms with Crippen molar-refractivity contribution in [1.29, 1.82) is 0 Å². The largest absolute Gasteiger partial charge is 0.387 e. The first-order chi connectivity index (χ1) is 10.2. The molecule has 1 aromatic heterocycles. The molecule has 5 heteroatoms. The highest BCUT2D eigenvalue weighted by Crippen LogP contribution is 2.36. The van der Waals surface area contributed by atoms with Gasteiger partial charge in [0.15, 0.2) is 0 Å². The topological polar surface area (TPSA) is 38.0 Å². The summed E-state index contributed by atoms with van der Waals surface area (Å²) in [4.78, 5) is 3.78. The lowest BCUT2D eigenvalue weighted by Gasteiger charge is -2.41. The Morgan fingerprint density at radius 1 is 1.23 bits per heavy atom. The first-order valence-electron chi connectivity index (χ1n) is 7.34. The zero-order chi connectivity index (χ0) is 16.4. The Hall–Kier alpha value is -1.39. The lowest BCUT2D eigenvalue weighted by Crippen LogP contribution is -2.47. The zero-order valence-electron chi connectivity index (χ0n) is 13.2. The maximum absolute atomic E-state index is 13.7. The first kappa shape index (κ1) is 17.0. The fourth-order valence-corrected chi connectivity index (χ4v) is 2.52. The van der Waals surface area contributed by atoms with Crippen LogP contribution in [0.2, 0.25) is 5.02 Å². The van der Waals surface area contributed by atoms with Crippen LogP contribution in [0.25, 0.3) is 0 Å². The number of hydrogen-bond acceptors (Lipinski definition) is 2. The van der Waals surface area contributed by atoms with E-state index in [0.29, 0.717) is 17.9 Å². The minimum absolute atomic E-state index is 0.177. The van der Waals surface area contributed by atoms with Crippen molar-refractivity contribution in [3.05, 3.63) is 53.3 Å². The number of aliphatic hydroxyl groups is 1. The highest BCUT2D eigenvalue weighted by atomic mass is 35.5. The molecule has 0 fully saturated rings. The summed E-state index contributed by atoms with van der Waals surface area (Å²) in [5.41, 5.74) is -0.345. The lowest BCUT2D eigenvalue weighted by atomic mass is 9.73. The Morgan fingerprint density at radius 3 is 2.36 bits per heavy atom. The fraction of sp³-hybridized carbons (Fsp3) is 0.471. The van der Waals surface area contributed by atoms with Gasteiger partial charge in [0.05, 0.1) is 24.7 Å². The summed E-state index contributed by atoms with van der Waals surface area (Å²) >= 11 is 5.89. The Morgan fingerprint density at radius 2 is 1.86 bits per heavy atom. The quantitative estimate of drug-likeness (QED) is 0.899. The van der Waals surface area contributed by atoms with Crippen LogP contribution in [0.1, 0.15) is 32.8 Å².